The molecular weight excluding hydrogens is 346 g/mol. The third-order valence-electron chi connectivity index (χ3n) is 3.29. The first-order chi connectivity index (χ1) is 8.24. The van der Waals surface area contributed by atoms with Crippen molar-refractivity contribution in [3.63, 3.8) is 0 Å². The summed E-state index contributed by atoms with van der Waals surface area (Å²) in [6.07, 6.45) is 2.59. The van der Waals surface area contributed by atoms with E-state index in [4.69, 9.17) is 4.74 Å². The van der Waals surface area contributed by atoms with Gasteiger partial charge in [-0.1, -0.05) is 31.9 Å². The standard InChI is InChI=1S/C13H17Br2NO/c1-17-13-5-4-11(15)7-10(13)9-16-6-2-3-12(16)8-14/h4-5,7,12H,2-3,6,8-9H2,1H3. The monoisotopic (exact) mass is 361 g/mol. The maximum atomic E-state index is 5.42. The molecule has 0 aromatic heterocycles. The van der Waals surface area contributed by atoms with Crippen LogP contribution in [0.2, 0.25) is 0 Å². The van der Waals surface area contributed by atoms with Gasteiger partial charge in [-0.05, 0) is 37.6 Å². The summed E-state index contributed by atoms with van der Waals surface area (Å²) in [6.45, 7) is 2.16. The first kappa shape index (κ1) is 13.4. The van der Waals surface area contributed by atoms with Gasteiger partial charge in [0.25, 0.3) is 0 Å². The first-order valence-corrected chi connectivity index (χ1v) is 7.78. The Kier molecular flexibility index (Phi) is 4.88. The largest absolute Gasteiger partial charge is 0.496 e. The molecule has 1 heterocycles. The van der Waals surface area contributed by atoms with Gasteiger partial charge in [-0.25, -0.2) is 0 Å². The molecule has 1 unspecified atom stereocenters. The molecular formula is C13H17Br2NO. The average molecular weight is 363 g/mol. The van der Waals surface area contributed by atoms with E-state index in [0.717, 1.165) is 22.1 Å². The molecule has 1 aliphatic rings. The van der Waals surface area contributed by atoms with Crippen LogP contribution in [0.25, 0.3) is 0 Å². The number of alkyl halides is 1. The van der Waals surface area contributed by atoms with Gasteiger partial charge in [0.2, 0.25) is 0 Å². The van der Waals surface area contributed by atoms with Crippen molar-refractivity contribution in [2.24, 2.45) is 0 Å². The topological polar surface area (TPSA) is 12.5 Å². The summed E-state index contributed by atoms with van der Waals surface area (Å²) >= 11 is 7.12. The van der Waals surface area contributed by atoms with Crippen LogP contribution >= 0.6 is 31.9 Å². The molecule has 2 nitrogen and oxygen atoms in total. The number of ether oxygens (including phenoxy) is 1. The fraction of sp³-hybridized carbons (Fsp3) is 0.538. The molecule has 1 aliphatic heterocycles. The number of likely N-dealkylation sites (tertiary alicyclic amines) is 1. The number of methoxy groups -OCH3 is 1. The van der Waals surface area contributed by atoms with Crippen molar-refractivity contribution in [2.75, 3.05) is 19.0 Å². The SMILES string of the molecule is COc1ccc(Br)cc1CN1CCCC1CBr. The lowest BCUT2D eigenvalue weighted by atomic mass is 10.1. The predicted molar refractivity (Wildman–Crippen MR) is 77.9 cm³/mol. The van der Waals surface area contributed by atoms with Crippen molar-refractivity contribution >= 4 is 31.9 Å². The second kappa shape index (κ2) is 6.21. The van der Waals surface area contributed by atoms with Gasteiger partial charge in [0, 0.05) is 28.0 Å². The highest BCUT2D eigenvalue weighted by molar-refractivity contribution is 9.10. The van der Waals surface area contributed by atoms with E-state index in [2.05, 4.69) is 42.8 Å². The zero-order valence-electron chi connectivity index (χ0n) is 9.96. The van der Waals surface area contributed by atoms with Crippen LogP contribution in [0, 0.1) is 0 Å². The van der Waals surface area contributed by atoms with Crippen LogP contribution in [0.15, 0.2) is 22.7 Å². The van der Waals surface area contributed by atoms with E-state index in [-0.39, 0.29) is 0 Å². The maximum absolute atomic E-state index is 5.42. The van der Waals surface area contributed by atoms with Crippen molar-refractivity contribution in [3.8, 4) is 5.75 Å². The quantitative estimate of drug-likeness (QED) is 0.755. The summed E-state index contributed by atoms with van der Waals surface area (Å²) in [5.41, 5.74) is 1.26. The fourth-order valence-electron chi connectivity index (χ4n) is 2.37. The number of halogens is 2. The highest BCUT2D eigenvalue weighted by Crippen LogP contribution is 2.28. The Hall–Kier alpha value is -0.0600. The van der Waals surface area contributed by atoms with E-state index in [1.807, 2.05) is 12.1 Å². The molecule has 1 saturated heterocycles. The van der Waals surface area contributed by atoms with Crippen LogP contribution in [-0.4, -0.2) is 29.9 Å². The van der Waals surface area contributed by atoms with Crippen LogP contribution in [0.1, 0.15) is 18.4 Å². The average Bonchev–Trinajstić information content (AvgIpc) is 2.77. The van der Waals surface area contributed by atoms with Gasteiger partial charge in [-0.2, -0.15) is 0 Å². The lowest BCUT2D eigenvalue weighted by Crippen LogP contribution is -2.30. The molecule has 4 heteroatoms. The Morgan fingerprint density at radius 1 is 1.47 bits per heavy atom. The molecule has 0 saturated carbocycles. The zero-order chi connectivity index (χ0) is 12.3. The molecule has 0 amide bonds. The number of hydrogen-bond acceptors (Lipinski definition) is 2. The Morgan fingerprint density at radius 3 is 3.00 bits per heavy atom. The Balaban J connectivity index is 2.14. The minimum atomic E-state index is 0.665. The predicted octanol–water partition coefficient (Wildman–Crippen LogP) is 3.82. The zero-order valence-corrected chi connectivity index (χ0v) is 13.1. The molecule has 94 valence electrons. The second-order valence-electron chi connectivity index (χ2n) is 4.38. The minimum Gasteiger partial charge on any atom is -0.496 e. The van der Waals surface area contributed by atoms with Gasteiger partial charge in [0.1, 0.15) is 5.75 Å². The Labute approximate surface area is 120 Å². The molecule has 0 spiro atoms. The summed E-state index contributed by atoms with van der Waals surface area (Å²) in [7, 11) is 1.73. The third kappa shape index (κ3) is 3.24. The molecule has 0 aliphatic carbocycles. The Morgan fingerprint density at radius 2 is 2.29 bits per heavy atom. The van der Waals surface area contributed by atoms with E-state index in [0.29, 0.717) is 6.04 Å². The molecule has 0 N–H and O–H groups in total. The van der Waals surface area contributed by atoms with Crippen molar-refractivity contribution in [1.82, 2.24) is 4.90 Å². The van der Waals surface area contributed by atoms with E-state index in [1.54, 1.807) is 7.11 Å². The summed E-state index contributed by atoms with van der Waals surface area (Å²) in [6, 6.07) is 6.87. The van der Waals surface area contributed by atoms with Crippen molar-refractivity contribution in [2.45, 2.75) is 25.4 Å². The molecule has 1 aromatic carbocycles. The second-order valence-corrected chi connectivity index (χ2v) is 5.94. The summed E-state index contributed by atoms with van der Waals surface area (Å²) in [5, 5.41) is 1.06. The highest BCUT2D eigenvalue weighted by Gasteiger charge is 2.24. The molecule has 1 atom stereocenters. The van der Waals surface area contributed by atoms with E-state index in [9.17, 15) is 0 Å². The maximum Gasteiger partial charge on any atom is 0.123 e. The van der Waals surface area contributed by atoms with E-state index in [1.165, 1.54) is 24.9 Å². The minimum absolute atomic E-state index is 0.665. The van der Waals surface area contributed by atoms with Crippen LogP contribution in [0.4, 0.5) is 0 Å². The number of rotatable bonds is 4. The molecule has 2 rings (SSSR count). The molecule has 1 aromatic rings. The van der Waals surface area contributed by atoms with Crippen LogP contribution in [0.3, 0.4) is 0 Å². The number of hydrogen-bond donors (Lipinski definition) is 0. The van der Waals surface area contributed by atoms with E-state index < -0.39 is 0 Å². The molecule has 0 radical (unpaired) electrons. The molecule has 1 fully saturated rings. The van der Waals surface area contributed by atoms with Gasteiger partial charge in [0.05, 0.1) is 7.11 Å². The summed E-state index contributed by atoms with van der Waals surface area (Å²) in [4.78, 5) is 2.53. The normalized spacial score (nSPS) is 20.8. The van der Waals surface area contributed by atoms with Gasteiger partial charge in [0.15, 0.2) is 0 Å². The van der Waals surface area contributed by atoms with Crippen LogP contribution < -0.4 is 4.74 Å². The highest BCUT2D eigenvalue weighted by atomic mass is 79.9. The summed E-state index contributed by atoms with van der Waals surface area (Å²) in [5.74, 6) is 0.980. The Bertz CT molecular complexity index is 384. The summed E-state index contributed by atoms with van der Waals surface area (Å²) < 4.78 is 6.53. The van der Waals surface area contributed by atoms with Crippen LogP contribution in [0.5, 0.6) is 5.75 Å². The van der Waals surface area contributed by atoms with Crippen molar-refractivity contribution in [1.29, 1.82) is 0 Å². The number of benzene rings is 1. The fourth-order valence-corrected chi connectivity index (χ4v) is 3.51. The number of nitrogens with zero attached hydrogens (tertiary/aromatic N) is 1. The smallest absolute Gasteiger partial charge is 0.123 e. The van der Waals surface area contributed by atoms with Gasteiger partial charge >= 0.3 is 0 Å². The van der Waals surface area contributed by atoms with Gasteiger partial charge in [-0.3, -0.25) is 4.90 Å². The van der Waals surface area contributed by atoms with E-state index >= 15 is 0 Å². The molecule has 17 heavy (non-hydrogen) atoms. The van der Waals surface area contributed by atoms with Gasteiger partial charge < -0.3 is 4.74 Å². The first-order valence-electron chi connectivity index (χ1n) is 5.87. The van der Waals surface area contributed by atoms with Crippen molar-refractivity contribution in [3.05, 3.63) is 28.2 Å². The lowest BCUT2D eigenvalue weighted by molar-refractivity contribution is 0.260. The van der Waals surface area contributed by atoms with Crippen LogP contribution in [-0.2, 0) is 6.54 Å². The molecule has 0 bridgehead atoms. The van der Waals surface area contributed by atoms with Gasteiger partial charge in [-0.15, -0.1) is 0 Å². The van der Waals surface area contributed by atoms with Crippen molar-refractivity contribution < 1.29 is 4.74 Å². The third-order valence-corrected chi connectivity index (χ3v) is 4.53. The lowest BCUT2D eigenvalue weighted by Gasteiger charge is -2.23.